The van der Waals surface area contributed by atoms with Gasteiger partial charge in [0, 0.05) is 57.0 Å². The molecule has 2 aliphatic rings. The predicted molar refractivity (Wildman–Crippen MR) is 98.3 cm³/mol. The molecule has 1 aromatic heterocycles. The zero-order valence-electron chi connectivity index (χ0n) is 16.4. The lowest BCUT2D eigenvalue weighted by Crippen LogP contribution is -2.63. The van der Waals surface area contributed by atoms with E-state index in [-0.39, 0.29) is 17.2 Å². The molecule has 1 amide bonds. The van der Waals surface area contributed by atoms with Gasteiger partial charge in [0.1, 0.15) is 0 Å². The molecule has 1 spiro atoms. The third-order valence-corrected chi connectivity index (χ3v) is 6.05. The molecule has 7 heteroatoms. The Morgan fingerprint density at radius 1 is 1.19 bits per heavy atom. The van der Waals surface area contributed by atoms with E-state index in [0.29, 0.717) is 18.5 Å². The average Bonchev–Trinajstić information content (AvgIpc) is 2.90. The van der Waals surface area contributed by atoms with Crippen molar-refractivity contribution in [1.29, 1.82) is 0 Å². The molecule has 0 atom stereocenters. The second-order valence-electron chi connectivity index (χ2n) is 7.65. The summed E-state index contributed by atoms with van der Waals surface area (Å²) in [4.78, 5) is 29.0. The number of likely N-dealkylation sites (N-methyl/N-ethyl adjacent to an activating group) is 1. The molecule has 2 saturated heterocycles. The van der Waals surface area contributed by atoms with Crippen molar-refractivity contribution < 1.29 is 14.3 Å². The number of Topliss-reactive ketones (excluding diaryl/α,β-unsaturated/α-hetero) is 1. The first kappa shape index (κ1) is 19.0. The summed E-state index contributed by atoms with van der Waals surface area (Å²) in [7, 11) is 2.16. The zero-order valence-corrected chi connectivity index (χ0v) is 16.4. The SMILES string of the molecule is CC(=O)c1c(C)nn(CCC(=O)N2CCN(C)C3(CCOCC3)C2)c1C. The summed E-state index contributed by atoms with van der Waals surface area (Å²) in [5.41, 5.74) is 2.33. The summed E-state index contributed by atoms with van der Waals surface area (Å²) in [6.07, 6.45) is 2.37. The Morgan fingerprint density at radius 3 is 2.50 bits per heavy atom. The molecule has 7 nitrogen and oxygen atoms in total. The molecule has 0 unspecified atom stereocenters. The third kappa shape index (κ3) is 3.55. The van der Waals surface area contributed by atoms with Gasteiger partial charge >= 0.3 is 0 Å². The number of ether oxygens (including phenoxy) is 1. The highest BCUT2D eigenvalue weighted by molar-refractivity contribution is 5.96. The Bertz CT molecular complexity index is 691. The number of amides is 1. The van der Waals surface area contributed by atoms with Crippen LogP contribution in [0.2, 0.25) is 0 Å². The van der Waals surface area contributed by atoms with E-state index in [1.54, 1.807) is 11.6 Å². The molecule has 2 aliphatic heterocycles. The fourth-order valence-electron chi connectivity index (χ4n) is 4.35. The van der Waals surface area contributed by atoms with E-state index in [0.717, 1.165) is 57.1 Å². The summed E-state index contributed by atoms with van der Waals surface area (Å²) in [5, 5.41) is 4.44. The van der Waals surface area contributed by atoms with Crippen LogP contribution in [0, 0.1) is 13.8 Å². The highest BCUT2D eigenvalue weighted by atomic mass is 16.5. The Hall–Kier alpha value is -1.73. The quantitative estimate of drug-likeness (QED) is 0.758. The highest BCUT2D eigenvalue weighted by Crippen LogP contribution is 2.31. The van der Waals surface area contributed by atoms with Gasteiger partial charge in [-0.15, -0.1) is 0 Å². The molecule has 0 N–H and O–H groups in total. The van der Waals surface area contributed by atoms with Gasteiger partial charge in [-0.3, -0.25) is 19.2 Å². The fraction of sp³-hybridized carbons (Fsp3) is 0.737. The predicted octanol–water partition coefficient (Wildman–Crippen LogP) is 1.42. The number of piperazine rings is 1. The number of ketones is 1. The first-order chi connectivity index (χ1) is 12.3. The van der Waals surface area contributed by atoms with Crippen molar-refractivity contribution in [2.75, 3.05) is 39.9 Å². The first-order valence-electron chi connectivity index (χ1n) is 9.46. The molecule has 0 radical (unpaired) electrons. The van der Waals surface area contributed by atoms with Crippen molar-refractivity contribution >= 4 is 11.7 Å². The number of aromatic nitrogens is 2. The van der Waals surface area contributed by atoms with Gasteiger partial charge in [-0.2, -0.15) is 5.10 Å². The van der Waals surface area contributed by atoms with Crippen LogP contribution in [0.25, 0.3) is 0 Å². The first-order valence-corrected chi connectivity index (χ1v) is 9.46. The van der Waals surface area contributed by atoms with Crippen molar-refractivity contribution in [3.8, 4) is 0 Å². The van der Waals surface area contributed by atoms with Crippen molar-refractivity contribution in [1.82, 2.24) is 19.6 Å². The van der Waals surface area contributed by atoms with E-state index >= 15 is 0 Å². The van der Waals surface area contributed by atoms with E-state index < -0.39 is 0 Å². The van der Waals surface area contributed by atoms with E-state index in [9.17, 15) is 9.59 Å². The van der Waals surface area contributed by atoms with Gasteiger partial charge in [-0.25, -0.2) is 0 Å². The van der Waals surface area contributed by atoms with Crippen LogP contribution in [0.5, 0.6) is 0 Å². The summed E-state index contributed by atoms with van der Waals surface area (Å²) < 4.78 is 7.32. The molecule has 144 valence electrons. The van der Waals surface area contributed by atoms with E-state index in [1.165, 1.54) is 0 Å². The number of nitrogens with zero attached hydrogens (tertiary/aromatic N) is 4. The average molecular weight is 362 g/mol. The van der Waals surface area contributed by atoms with Crippen LogP contribution in [-0.2, 0) is 16.1 Å². The Kier molecular flexibility index (Phi) is 5.48. The minimum atomic E-state index is 0.0260. The summed E-state index contributed by atoms with van der Waals surface area (Å²) >= 11 is 0. The second kappa shape index (κ2) is 7.48. The van der Waals surface area contributed by atoms with Crippen LogP contribution in [0.4, 0.5) is 0 Å². The number of carbonyl (C=O) groups is 2. The van der Waals surface area contributed by atoms with Crippen LogP contribution >= 0.6 is 0 Å². The minimum Gasteiger partial charge on any atom is -0.381 e. The maximum absolute atomic E-state index is 12.8. The smallest absolute Gasteiger partial charge is 0.224 e. The van der Waals surface area contributed by atoms with Crippen LogP contribution in [0.3, 0.4) is 0 Å². The third-order valence-electron chi connectivity index (χ3n) is 6.05. The lowest BCUT2D eigenvalue weighted by Gasteiger charge is -2.51. The van der Waals surface area contributed by atoms with Crippen LogP contribution < -0.4 is 0 Å². The molecule has 3 rings (SSSR count). The molecule has 0 aromatic carbocycles. The molecule has 0 aliphatic carbocycles. The van der Waals surface area contributed by atoms with E-state index in [1.807, 2.05) is 18.7 Å². The maximum atomic E-state index is 12.8. The molecule has 26 heavy (non-hydrogen) atoms. The van der Waals surface area contributed by atoms with Gasteiger partial charge in [-0.1, -0.05) is 0 Å². The molecular weight excluding hydrogens is 332 g/mol. The molecule has 0 bridgehead atoms. The number of hydrogen-bond donors (Lipinski definition) is 0. The normalized spacial score (nSPS) is 20.5. The molecule has 0 saturated carbocycles. The standard InChI is InChI=1S/C19H30N4O3/c1-14-18(16(3)24)15(2)23(20-14)8-5-17(25)22-10-9-21(4)19(13-22)6-11-26-12-7-19/h5-13H2,1-4H3. The van der Waals surface area contributed by atoms with Crippen molar-refractivity contribution in [2.45, 2.75) is 52.1 Å². The van der Waals surface area contributed by atoms with Gasteiger partial charge < -0.3 is 9.64 Å². The van der Waals surface area contributed by atoms with E-state index in [2.05, 4.69) is 17.0 Å². The van der Waals surface area contributed by atoms with Gasteiger partial charge in [-0.05, 0) is 40.7 Å². The topological polar surface area (TPSA) is 67.7 Å². The van der Waals surface area contributed by atoms with Gasteiger partial charge in [0.2, 0.25) is 5.91 Å². The minimum absolute atomic E-state index is 0.0260. The van der Waals surface area contributed by atoms with Gasteiger partial charge in [0.05, 0.1) is 11.3 Å². The summed E-state index contributed by atoms with van der Waals surface area (Å²) in [6, 6.07) is 0. The van der Waals surface area contributed by atoms with Crippen molar-refractivity contribution in [3.63, 3.8) is 0 Å². The van der Waals surface area contributed by atoms with Crippen LogP contribution in [0.1, 0.15) is 47.9 Å². The van der Waals surface area contributed by atoms with E-state index in [4.69, 9.17) is 4.74 Å². The van der Waals surface area contributed by atoms with Crippen LogP contribution in [-0.4, -0.2) is 76.7 Å². The molecule has 3 heterocycles. The summed E-state index contributed by atoms with van der Waals surface area (Å²) in [5.74, 6) is 0.194. The maximum Gasteiger partial charge on any atom is 0.224 e. The number of aryl methyl sites for hydroxylation is 2. The summed E-state index contributed by atoms with van der Waals surface area (Å²) in [6.45, 7) is 9.81. The van der Waals surface area contributed by atoms with Crippen molar-refractivity contribution in [2.24, 2.45) is 0 Å². The number of hydrogen-bond acceptors (Lipinski definition) is 5. The Labute approximate surface area is 155 Å². The second-order valence-corrected chi connectivity index (χ2v) is 7.65. The Balaban J connectivity index is 1.63. The Morgan fingerprint density at radius 2 is 1.88 bits per heavy atom. The van der Waals surface area contributed by atoms with Crippen molar-refractivity contribution in [3.05, 3.63) is 17.0 Å². The van der Waals surface area contributed by atoms with Gasteiger partial charge in [0.25, 0.3) is 0 Å². The zero-order chi connectivity index (χ0) is 18.9. The molecular formula is C19H30N4O3. The number of carbonyl (C=O) groups excluding carboxylic acids is 2. The fourth-order valence-corrected chi connectivity index (χ4v) is 4.35. The molecule has 1 aromatic rings. The largest absolute Gasteiger partial charge is 0.381 e. The lowest BCUT2D eigenvalue weighted by molar-refractivity contribution is -0.140. The molecule has 2 fully saturated rings. The monoisotopic (exact) mass is 362 g/mol. The number of rotatable bonds is 4. The highest BCUT2D eigenvalue weighted by Gasteiger charge is 2.42. The lowest BCUT2D eigenvalue weighted by atomic mass is 9.86. The van der Waals surface area contributed by atoms with Gasteiger partial charge in [0.15, 0.2) is 5.78 Å². The van der Waals surface area contributed by atoms with Crippen LogP contribution in [0.15, 0.2) is 0 Å².